The Morgan fingerprint density at radius 1 is 1.27 bits per heavy atom. The fourth-order valence-corrected chi connectivity index (χ4v) is 5.30. The van der Waals surface area contributed by atoms with E-state index in [0.717, 1.165) is 0 Å². The second kappa shape index (κ2) is 7.87. The summed E-state index contributed by atoms with van der Waals surface area (Å²) in [4.78, 5) is 21.5. The standard InChI is InChI=1S/C16H18N4O3S3/c1-3-19(4-2)26(22,23)13-5-6-14(17-10-13)25-11-12-9-15(21)20-7-8-24-16(20)18-12/h5-10H,3-4,11H2,1-2H3. The van der Waals surface area contributed by atoms with Crippen LogP contribution in [0.2, 0.25) is 0 Å². The van der Waals surface area contributed by atoms with Crippen LogP contribution in [0.15, 0.2) is 50.7 Å². The zero-order valence-electron chi connectivity index (χ0n) is 14.3. The van der Waals surface area contributed by atoms with Crippen molar-refractivity contribution in [2.45, 2.75) is 29.5 Å². The minimum atomic E-state index is -3.50. The Balaban J connectivity index is 1.74. The number of thioether (sulfide) groups is 1. The highest BCUT2D eigenvalue weighted by molar-refractivity contribution is 7.98. The molecule has 0 aliphatic rings. The number of thiazole rings is 1. The summed E-state index contributed by atoms with van der Waals surface area (Å²) in [5.41, 5.74) is 0.560. The molecule has 3 aromatic rings. The van der Waals surface area contributed by atoms with Crippen LogP contribution in [0.1, 0.15) is 19.5 Å². The first-order valence-corrected chi connectivity index (χ1v) is 11.3. The van der Waals surface area contributed by atoms with Gasteiger partial charge in [-0.2, -0.15) is 4.31 Å². The first kappa shape index (κ1) is 19.0. The number of sulfonamides is 1. The minimum Gasteiger partial charge on any atom is -0.269 e. The van der Waals surface area contributed by atoms with Gasteiger partial charge >= 0.3 is 0 Å². The molecule has 0 aliphatic heterocycles. The molecular weight excluding hydrogens is 392 g/mol. The van der Waals surface area contributed by atoms with E-state index in [0.29, 0.717) is 34.5 Å². The summed E-state index contributed by atoms with van der Waals surface area (Å²) in [5.74, 6) is 0.485. The highest BCUT2D eigenvalue weighted by Gasteiger charge is 2.21. The van der Waals surface area contributed by atoms with Gasteiger partial charge in [-0.25, -0.2) is 18.4 Å². The molecule has 0 radical (unpaired) electrons. The van der Waals surface area contributed by atoms with Crippen LogP contribution in [0.4, 0.5) is 0 Å². The average Bonchev–Trinajstić information content (AvgIpc) is 3.10. The van der Waals surface area contributed by atoms with Crippen molar-refractivity contribution in [1.82, 2.24) is 18.7 Å². The van der Waals surface area contributed by atoms with Crippen LogP contribution < -0.4 is 5.56 Å². The van der Waals surface area contributed by atoms with Crippen molar-refractivity contribution in [3.05, 3.63) is 52.0 Å². The Bertz CT molecular complexity index is 1050. The van der Waals surface area contributed by atoms with E-state index in [1.807, 2.05) is 5.38 Å². The number of aromatic nitrogens is 3. The molecule has 3 aromatic heterocycles. The van der Waals surface area contributed by atoms with Crippen molar-refractivity contribution in [3.63, 3.8) is 0 Å². The highest BCUT2D eigenvalue weighted by atomic mass is 32.2. The van der Waals surface area contributed by atoms with Crippen molar-refractivity contribution in [3.8, 4) is 0 Å². The van der Waals surface area contributed by atoms with Crippen molar-refractivity contribution in [1.29, 1.82) is 0 Å². The smallest absolute Gasteiger partial charge is 0.258 e. The minimum absolute atomic E-state index is 0.111. The largest absolute Gasteiger partial charge is 0.269 e. The third-order valence-electron chi connectivity index (χ3n) is 3.78. The van der Waals surface area contributed by atoms with Gasteiger partial charge in [0.15, 0.2) is 4.96 Å². The van der Waals surface area contributed by atoms with Crippen LogP contribution in [0.25, 0.3) is 4.96 Å². The topological polar surface area (TPSA) is 84.6 Å². The van der Waals surface area contributed by atoms with Crippen molar-refractivity contribution < 1.29 is 8.42 Å². The molecule has 0 amide bonds. The van der Waals surface area contributed by atoms with E-state index in [9.17, 15) is 13.2 Å². The van der Waals surface area contributed by atoms with Gasteiger partial charge in [0, 0.05) is 42.7 Å². The molecule has 0 aromatic carbocycles. The molecule has 0 atom stereocenters. The van der Waals surface area contributed by atoms with E-state index >= 15 is 0 Å². The second-order valence-corrected chi connectivity index (χ2v) is 9.16. The quantitative estimate of drug-likeness (QED) is 0.556. The van der Waals surface area contributed by atoms with Crippen LogP contribution in [0.5, 0.6) is 0 Å². The molecule has 0 aliphatic carbocycles. The van der Waals surface area contributed by atoms with E-state index in [4.69, 9.17) is 0 Å². The van der Waals surface area contributed by atoms with Crippen LogP contribution in [0, 0.1) is 0 Å². The van der Waals surface area contributed by atoms with Gasteiger partial charge < -0.3 is 0 Å². The molecule has 0 saturated carbocycles. The summed E-state index contributed by atoms with van der Waals surface area (Å²) in [7, 11) is -3.50. The lowest BCUT2D eigenvalue weighted by molar-refractivity contribution is 0.445. The molecule has 26 heavy (non-hydrogen) atoms. The summed E-state index contributed by atoms with van der Waals surface area (Å²) in [6.07, 6.45) is 3.07. The monoisotopic (exact) mass is 410 g/mol. The van der Waals surface area contributed by atoms with E-state index in [2.05, 4.69) is 9.97 Å². The van der Waals surface area contributed by atoms with E-state index in [-0.39, 0.29) is 10.5 Å². The second-order valence-electron chi connectivity index (χ2n) is 5.35. The highest BCUT2D eigenvalue weighted by Crippen LogP contribution is 2.22. The molecule has 0 spiro atoms. The maximum Gasteiger partial charge on any atom is 0.258 e. The summed E-state index contributed by atoms with van der Waals surface area (Å²) >= 11 is 2.81. The molecule has 0 fully saturated rings. The first-order chi connectivity index (χ1) is 12.5. The van der Waals surface area contributed by atoms with E-state index in [1.54, 1.807) is 32.2 Å². The van der Waals surface area contributed by atoms with E-state index < -0.39 is 10.0 Å². The Morgan fingerprint density at radius 3 is 2.69 bits per heavy atom. The van der Waals surface area contributed by atoms with E-state index in [1.165, 1.54) is 44.1 Å². The molecular formula is C16H18N4O3S3. The maximum absolute atomic E-state index is 12.5. The van der Waals surface area contributed by atoms with Crippen LogP contribution in [-0.2, 0) is 15.8 Å². The number of rotatable bonds is 7. The lowest BCUT2D eigenvalue weighted by atomic mass is 10.4. The lowest BCUT2D eigenvalue weighted by Crippen LogP contribution is -2.30. The Hall–Kier alpha value is -1.75. The number of nitrogens with zero attached hydrogens (tertiary/aromatic N) is 4. The molecule has 0 bridgehead atoms. The van der Waals surface area contributed by atoms with Crippen molar-refractivity contribution >= 4 is 38.1 Å². The molecule has 0 unspecified atom stereocenters. The number of hydrogen-bond acceptors (Lipinski definition) is 7. The summed E-state index contributed by atoms with van der Waals surface area (Å²) in [6.45, 7) is 4.45. The van der Waals surface area contributed by atoms with Crippen molar-refractivity contribution in [2.24, 2.45) is 0 Å². The third kappa shape index (κ3) is 3.83. The van der Waals surface area contributed by atoms with Gasteiger partial charge in [-0.05, 0) is 12.1 Å². The van der Waals surface area contributed by atoms with Gasteiger partial charge in [-0.15, -0.1) is 23.1 Å². The Morgan fingerprint density at radius 2 is 2.04 bits per heavy atom. The summed E-state index contributed by atoms with van der Waals surface area (Å²) < 4.78 is 27.8. The molecule has 3 heterocycles. The first-order valence-electron chi connectivity index (χ1n) is 8.00. The third-order valence-corrected chi connectivity index (χ3v) is 7.54. The Labute approximate surface area is 159 Å². The molecule has 7 nitrogen and oxygen atoms in total. The van der Waals surface area contributed by atoms with Crippen molar-refractivity contribution in [2.75, 3.05) is 13.1 Å². The fourth-order valence-electron chi connectivity index (χ4n) is 2.43. The number of fused-ring (bicyclic) bond motifs is 1. The summed E-state index contributed by atoms with van der Waals surface area (Å²) in [5, 5.41) is 2.49. The fraction of sp³-hybridized carbons (Fsp3) is 0.312. The molecule has 0 N–H and O–H groups in total. The molecule has 3 rings (SSSR count). The lowest BCUT2D eigenvalue weighted by Gasteiger charge is -2.18. The molecule has 10 heteroatoms. The van der Waals surface area contributed by atoms with Gasteiger partial charge in [-0.3, -0.25) is 9.20 Å². The normalized spacial score (nSPS) is 12.1. The predicted octanol–water partition coefficient (Wildman–Crippen LogP) is 2.47. The average molecular weight is 411 g/mol. The van der Waals surface area contributed by atoms with Gasteiger partial charge in [0.1, 0.15) is 4.90 Å². The van der Waals surface area contributed by atoms with Gasteiger partial charge in [0.05, 0.1) is 10.7 Å². The number of hydrogen-bond donors (Lipinski definition) is 0. The predicted molar refractivity (Wildman–Crippen MR) is 103 cm³/mol. The van der Waals surface area contributed by atoms with Crippen LogP contribution >= 0.6 is 23.1 Å². The van der Waals surface area contributed by atoms with Gasteiger partial charge in [0.25, 0.3) is 5.56 Å². The zero-order chi connectivity index (χ0) is 18.7. The maximum atomic E-state index is 12.5. The summed E-state index contributed by atoms with van der Waals surface area (Å²) in [6, 6.07) is 4.75. The Kier molecular flexibility index (Phi) is 5.76. The number of pyridine rings is 1. The van der Waals surface area contributed by atoms with Gasteiger partial charge in [-0.1, -0.05) is 13.8 Å². The van der Waals surface area contributed by atoms with Crippen LogP contribution in [-0.4, -0.2) is 40.2 Å². The molecule has 0 saturated heterocycles. The van der Waals surface area contributed by atoms with Crippen LogP contribution in [0.3, 0.4) is 0 Å². The molecule has 138 valence electrons. The zero-order valence-corrected chi connectivity index (χ0v) is 16.8. The van der Waals surface area contributed by atoms with Gasteiger partial charge in [0.2, 0.25) is 10.0 Å². The SMILES string of the molecule is CCN(CC)S(=O)(=O)c1ccc(SCc2cc(=O)n3ccsc3n2)nc1.